The lowest BCUT2D eigenvalue weighted by molar-refractivity contribution is -0.138. The molecule has 4 rings (SSSR count). The predicted molar refractivity (Wildman–Crippen MR) is 101 cm³/mol. The van der Waals surface area contributed by atoms with Crippen LogP contribution in [0.2, 0.25) is 0 Å². The van der Waals surface area contributed by atoms with Crippen LogP contribution in [0.25, 0.3) is 0 Å². The standard InChI is InChI=1S/C19H20F4N4O.ClH/c20-12-1-2-15(19(21,22)23)13(9-12)11-4-7-27(8-5-11)18(28)17-14-10-24-6-3-16(14)25-26-17;/h1-2,9,11,24H,3-8,10H2,(H,25,26);1H. The molecule has 0 saturated carbocycles. The van der Waals surface area contributed by atoms with E-state index in [0.29, 0.717) is 38.2 Å². The number of fused-ring (bicyclic) bond motifs is 1. The summed E-state index contributed by atoms with van der Waals surface area (Å²) in [6.45, 7) is 2.02. The van der Waals surface area contributed by atoms with E-state index >= 15 is 0 Å². The van der Waals surface area contributed by atoms with Gasteiger partial charge in [0.05, 0.1) is 5.56 Å². The summed E-state index contributed by atoms with van der Waals surface area (Å²) in [5, 5.41) is 10.3. The van der Waals surface area contributed by atoms with Crippen LogP contribution in [0.5, 0.6) is 0 Å². The fraction of sp³-hybridized carbons (Fsp3) is 0.474. The molecule has 1 aromatic heterocycles. The Morgan fingerprint density at radius 1 is 1.21 bits per heavy atom. The van der Waals surface area contributed by atoms with E-state index in [1.54, 1.807) is 4.90 Å². The zero-order valence-corrected chi connectivity index (χ0v) is 16.3. The van der Waals surface area contributed by atoms with Gasteiger partial charge in [-0.1, -0.05) is 0 Å². The highest BCUT2D eigenvalue weighted by atomic mass is 35.5. The number of halogens is 5. The Balaban J connectivity index is 0.00000240. The van der Waals surface area contributed by atoms with Gasteiger partial charge in [0.2, 0.25) is 0 Å². The smallest absolute Gasteiger partial charge is 0.337 e. The maximum absolute atomic E-state index is 13.6. The van der Waals surface area contributed by atoms with Gasteiger partial charge in [0.1, 0.15) is 5.82 Å². The minimum atomic E-state index is -4.53. The first-order valence-electron chi connectivity index (χ1n) is 9.27. The van der Waals surface area contributed by atoms with Crippen LogP contribution in [0, 0.1) is 5.82 Å². The second-order valence-corrected chi connectivity index (χ2v) is 7.25. The first kappa shape index (κ1) is 21.6. The maximum Gasteiger partial charge on any atom is 0.416 e. The van der Waals surface area contributed by atoms with E-state index < -0.39 is 23.5 Å². The van der Waals surface area contributed by atoms with Gasteiger partial charge in [0.15, 0.2) is 5.69 Å². The van der Waals surface area contributed by atoms with E-state index in [4.69, 9.17) is 0 Å². The molecule has 2 N–H and O–H groups in total. The van der Waals surface area contributed by atoms with Gasteiger partial charge in [-0.3, -0.25) is 9.89 Å². The van der Waals surface area contributed by atoms with Crippen molar-refractivity contribution in [3.05, 3.63) is 52.1 Å². The Bertz CT molecular complexity index is 891. The predicted octanol–water partition coefficient (Wildman–Crippen LogP) is 3.65. The van der Waals surface area contributed by atoms with Crippen molar-refractivity contribution in [2.75, 3.05) is 19.6 Å². The lowest BCUT2D eigenvalue weighted by Crippen LogP contribution is -2.39. The van der Waals surface area contributed by atoms with Crippen LogP contribution in [0.1, 0.15) is 51.6 Å². The first-order valence-corrected chi connectivity index (χ1v) is 9.27. The highest BCUT2D eigenvalue weighted by molar-refractivity contribution is 5.94. The van der Waals surface area contributed by atoms with Gasteiger partial charge in [0, 0.05) is 43.9 Å². The van der Waals surface area contributed by atoms with Crippen molar-refractivity contribution in [2.24, 2.45) is 0 Å². The third kappa shape index (κ3) is 4.25. The summed E-state index contributed by atoms with van der Waals surface area (Å²) in [6, 6.07) is 2.60. The van der Waals surface area contributed by atoms with Gasteiger partial charge in [-0.25, -0.2) is 4.39 Å². The minimum absolute atomic E-state index is 0. The van der Waals surface area contributed by atoms with E-state index in [-0.39, 0.29) is 23.9 Å². The van der Waals surface area contributed by atoms with Gasteiger partial charge in [-0.05, 0) is 42.5 Å². The van der Waals surface area contributed by atoms with Crippen LogP contribution in [-0.2, 0) is 19.1 Å². The molecular formula is C19H21ClF4N4O. The molecule has 0 aliphatic carbocycles. The van der Waals surface area contributed by atoms with Crippen LogP contribution in [0.4, 0.5) is 17.6 Å². The molecule has 1 amide bonds. The zero-order chi connectivity index (χ0) is 19.9. The Kier molecular flexibility index (Phi) is 6.19. The third-order valence-electron chi connectivity index (χ3n) is 5.55. The van der Waals surface area contributed by atoms with Crippen LogP contribution in [-0.4, -0.2) is 40.6 Å². The number of aromatic nitrogens is 2. The molecule has 10 heteroatoms. The van der Waals surface area contributed by atoms with Crippen molar-refractivity contribution in [3.8, 4) is 0 Å². The molecule has 0 atom stereocenters. The molecule has 0 unspecified atom stereocenters. The Hall–Kier alpha value is -2.13. The number of carbonyl (C=O) groups is 1. The molecule has 2 aromatic rings. The van der Waals surface area contributed by atoms with E-state index in [1.165, 1.54) is 0 Å². The molecular weight excluding hydrogens is 412 g/mol. The highest BCUT2D eigenvalue weighted by Gasteiger charge is 2.37. The van der Waals surface area contributed by atoms with Crippen LogP contribution >= 0.6 is 12.4 Å². The number of hydrogen-bond donors (Lipinski definition) is 2. The number of likely N-dealkylation sites (tertiary alicyclic amines) is 1. The average molecular weight is 433 g/mol. The average Bonchev–Trinajstić information content (AvgIpc) is 3.10. The topological polar surface area (TPSA) is 61.0 Å². The van der Waals surface area contributed by atoms with Crippen molar-refractivity contribution in [3.63, 3.8) is 0 Å². The molecule has 3 heterocycles. The second-order valence-electron chi connectivity index (χ2n) is 7.25. The van der Waals surface area contributed by atoms with E-state index in [0.717, 1.165) is 42.4 Å². The van der Waals surface area contributed by atoms with Gasteiger partial charge in [-0.15, -0.1) is 12.4 Å². The van der Waals surface area contributed by atoms with E-state index in [1.807, 2.05) is 0 Å². The molecule has 0 spiro atoms. The number of alkyl halides is 3. The van der Waals surface area contributed by atoms with Gasteiger partial charge in [0.25, 0.3) is 5.91 Å². The number of amides is 1. The van der Waals surface area contributed by atoms with Crippen molar-refractivity contribution in [1.29, 1.82) is 0 Å². The van der Waals surface area contributed by atoms with Crippen LogP contribution < -0.4 is 5.32 Å². The van der Waals surface area contributed by atoms with Crippen molar-refractivity contribution < 1.29 is 22.4 Å². The number of hydrogen-bond acceptors (Lipinski definition) is 3. The molecule has 5 nitrogen and oxygen atoms in total. The number of nitrogens with zero attached hydrogens (tertiary/aromatic N) is 2. The molecule has 1 saturated heterocycles. The highest BCUT2D eigenvalue weighted by Crippen LogP contribution is 2.39. The maximum atomic E-state index is 13.6. The number of H-pyrrole nitrogens is 1. The summed E-state index contributed by atoms with van der Waals surface area (Å²) in [5.41, 5.74) is 1.36. The molecule has 158 valence electrons. The van der Waals surface area contributed by atoms with Gasteiger partial charge in [-0.2, -0.15) is 18.3 Å². The fourth-order valence-electron chi connectivity index (χ4n) is 4.08. The number of piperidine rings is 1. The largest absolute Gasteiger partial charge is 0.416 e. The van der Waals surface area contributed by atoms with Gasteiger partial charge < -0.3 is 10.2 Å². The molecule has 2 aliphatic heterocycles. The van der Waals surface area contributed by atoms with Crippen molar-refractivity contribution in [2.45, 2.75) is 37.9 Å². The van der Waals surface area contributed by atoms with E-state index in [9.17, 15) is 22.4 Å². The molecule has 1 aromatic carbocycles. The van der Waals surface area contributed by atoms with Crippen molar-refractivity contribution >= 4 is 18.3 Å². The SMILES string of the molecule is Cl.O=C(c1n[nH]c2c1CNCC2)N1CCC(c2cc(F)ccc2C(F)(F)F)CC1. The summed E-state index contributed by atoms with van der Waals surface area (Å²) < 4.78 is 53.4. The molecule has 2 aliphatic rings. The summed E-state index contributed by atoms with van der Waals surface area (Å²) in [5.74, 6) is -1.33. The molecule has 29 heavy (non-hydrogen) atoms. The summed E-state index contributed by atoms with van der Waals surface area (Å²) >= 11 is 0. The van der Waals surface area contributed by atoms with Crippen LogP contribution in [0.3, 0.4) is 0 Å². The normalized spacial score (nSPS) is 17.6. The fourth-order valence-corrected chi connectivity index (χ4v) is 4.08. The minimum Gasteiger partial charge on any atom is -0.337 e. The second kappa shape index (κ2) is 8.31. The first-order chi connectivity index (χ1) is 13.3. The van der Waals surface area contributed by atoms with Crippen LogP contribution in [0.15, 0.2) is 18.2 Å². The summed E-state index contributed by atoms with van der Waals surface area (Å²) in [6.07, 6.45) is -3.05. The number of nitrogens with one attached hydrogen (secondary N) is 2. The molecule has 0 radical (unpaired) electrons. The monoisotopic (exact) mass is 432 g/mol. The third-order valence-corrected chi connectivity index (χ3v) is 5.55. The quantitative estimate of drug-likeness (QED) is 0.712. The molecule has 1 fully saturated rings. The van der Waals surface area contributed by atoms with Gasteiger partial charge >= 0.3 is 6.18 Å². The Morgan fingerprint density at radius 3 is 2.62 bits per heavy atom. The lowest BCUT2D eigenvalue weighted by Gasteiger charge is -2.33. The van der Waals surface area contributed by atoms with Crippen molar-refractivity contribution in [1.82, 2.24) is 20.4 Å². The Labute approximate surface area is 171 Å². The number of benzene rings is 1. The lowest BCUT2D eigenvalue weighted by atomic mass is 9.86. The Morgan fingerprint density at radius 2 is 1.93 bits per heavy atom. The molecule has 0 bridgehead atoms. The van der Waals surface area contributed by atoms with E-state index in [2.05, 4.69) is 15.5 Å². The zero-order valence-electron chi connectivity index (χ0n) is 15.5. The summed E-state index contributed by atoms with van der Waals surface area (Å²) in [4.78, 5) is 14.5. The number of aromatic amines is 1. The summed E-state index contributed by atoms with van der Waals surface area (Å²) in [7, 11) is 0. The number of carbonyl (C=O) groups excluding carboxylic acids is 1. The number of rotatable bonds is 2.